The molecule has 2 aromatic carbocycles. The van der Waals surface area contributed by atoms with Crippen LogP contribution in [0.5, 0.6) is 5.75 Å². The van der Waals surface area contributed by atoms with E-state index in [9.17, 15) is 0 Å². The van der Waals surface area contributed by atoms with E-state index in [1.165, 1.54) is 11.1 Å². The van der Waals surface area contributed by atoms with Gasteiger partial charge in [-0.15, -0.1) is 0 Å². The van der Waals surface area contributed by atoms with Crippen LogP contribution in [0.15, 0.2) is 54.6 Å². The Morgan fingerprint density at radius 1 is 0.923 bits per heavy atom. The average Bonchev–Trinajstić information content (AvgIpc) is 2.64. The van der Waals surface area contributed by atoms with Crippen LogP contribution in [0.4, 0.5) is 17.3 Å². The zero-order valence-electron chi connectivity index (χ0n) is 15.4. The maximum absolute atomic E-state index is 5.40. The first-order chi connectivity index (χ1) is 12.6. The zero-order valence-corrected chi connectivity index (χ0v) is 15.4. The summed E-state index contributed by atoms with van der Waals surface area (Å²) in [6.45, 7) is 4.73. The van der Waals surface area contributed by atoms with Gasteiger partial charge < -0.3 is 15.4 Å². The molecule has 0 aliphatic heterocycles. The van der Waals surface area contributed by atoms with Crippen molar-refractivity contribution in [3.8, 4) is 5.75 Å². The third-order valence-corrected chi connectivity index (χ3v) is 4.05. The highest BCUT2D eigenvalue weighted by atomic mass is 16.5. The van der Waals surface area contributed by atoms with E-state index < -0.39 is 0 Å². The van der Waals surface area contributed by atoms with Crippen LogP contribution in [0, 0.1) is 13.8 Å². The predicted octanol–water partition coefficient (Wildman–Crippen LogP) is 4.50. The van der Waals surface area contributed by atoms with Crippen LogP contribution in [0.1, 0.15) is 17.0 Å². The van der Waals surface area contributed by atoms with Crippen molar-refractivity contribution in [3.63, 3.8) is 0 Å². The summed E-state index contributed by atoms with van der Waals surface area (Å²) in [5.74, 6) is 3.22. The van der Waals surface area contributed by atoms with Gasteiger partial charge in [-0.25, -0.2) is 9.97 Å². The number of rotatable bonds is 7. The van der Waals surface area contributed by atoms with Crippen LogP contribution < -0.4 is 15.4 Å². The van der Waals surface area contributed by atoms with Gasteiger partial charge in [0.15, 0.2) is 0 Å². The number of aryl methyl sites for hydroxylation is 2. The Balaban J connectivity index is 1.65. The van der Waals surface area contributed by atoms with Gasteiger partial charge in [-0.3, -0.25) is 0 Å². The molecular weight excluding hydrogens is 324 g/mol. The summed E-state index contributed by atoms with van der Waals surface area (Å²) < 4.78 is 5.40. The molecule has 0 saturated carbocycles. The molecule has 0 amide bonds. The third-order valence-electron chi connectivity index (χ3n) is 4.05. The number of benzene rings is 2. The van der Waals surface area contributed by atoms with Crippen LogP contribution in [0.2, 0.25) is 0 Å². The van der Waals surface area contributed by atoms with Gasteiger partial charge in [0.2, 0.25) is 0 Å². The molecular formula is C21H24N4O. The maximum Gasteiger partial charge on any atom is 0.136 e. The number of nitrogens with zero attached hydrogens (tertiary/aromatic N) is 2. The standard InChI is InChI=1S/C21H24N4O/c1-15-8-10-18(11-9-15)25-21-14-20(23-16(2)24-21)22-13-12-17-6-4-5-7-19(17)26-3/h4-11,14H,12-13H2,1-3H3,(H2,22,23,24,25). The monoisotopic (exact) mass is 348 g/mol. The molecule has 0 spiro atoms. The van der Waals surface area contributed by atoms with E-state index in [1.807, 2.05) is 43.3 Å². The normalized spacial score (nSPS) is 10.4. The van der Waals surface area contributed by atoms with Crippen LogP contribution in [-0.4, -0.2) is 23.6 Å². The van der Waals surface area contributed by atoms with Crippen LogP contribution in [0.3, 0.4) is 0 Å². The molecule has 0 atom stereocenters. The molecule has 0 unspecified atom stereocenters. The Morgan fingerprint density at radius 2 is 1.65 bits per heavy atom. The maximum atomic E-state index is 5.40. The molecule has 0 aliphatic rings. The van der Waals surface area contributed by atoms with E-state index in [-0.39, 0.29) is 0 Å². The van der Waals surface area contributed by atoms with Gasteiger partial charge in [0, 0.05) is 18.3 Å². The predicted molar refractivity (Wildman–Crippen MR) is 106 cm³/mol. The number of anilines is 3. The molecule has 0 saturated heterocycles. The van der Waals surface area contributed by atoms with Crippen LogP contribution in [-0.2, 0) is 6.42 Å². The van der Waals surface area contributed by atoms with Crippen LogP contribution >= 0.6 is 0 Å². The number of para-hydroxylation sites is 1. The van der Waals surface area contributed by atoms with Crippen molar-refractivity contribution in [2.75, 3.05) is 24.3 Å². The SMILES string of the molecule is COc1ccccc1CCNc1cc(Nc2ccc(C)cc2)nc(C)n1. The number of aromatic nitrogens is 2. The minimum Gasteiger partial charge on any atom is -0.496 e. The highest BCUT2D eigenvalue weighted by molar-refractivity contribution is 5.59. The zero-order chi connectivity index (χ0) is 18.4. The van der Waals surface area contributed by atoms with Crippen LogP contribution in [0.25, 0.3) is 0 Å². The van der Waals surface area contributed by atoms with Gasteiger partial charge >= 0.3 is 0 Å². The lowest BCUT2D eigenvalue weighted by molar-refractivity contribution is 0.410. The van der Waals surface area contributed by atoms with Gasteiger partial charge in [0.1, 0.15) is 23.2 Å². The Morgan fingerprint density at radius 3 is 2.42 bits per heavy atom. The van der Waals surface area contributed by atoms with Gasteiger partial charge in [-0.1, -0.05) is 35.9 Å². The fourth-order valence-electron chi connectivity index (χ4n) is 2.74. The quantitative estimate of drug-likeness (QED) is 0.658. The van der Waals surface area contributed by atoms with E-state index in [2.05, 4.69) is 45.7 Å². The molecule has 2 N–H and O–H groups in total. The third kappa shape index (κ3) is 4.72. The summed E-state index contributed by atoms with van der Waals surface area (Å²) in [7, 11) is 1.70. The van der Waals surface area contributed by atoms with Gasteiger partial charge in [0.25, 0.3) is 0 Å². The van der Waals surface area contributed by atoms with E-state index in [0.29, 0.717) is 0 Å². The number of ether oxygens (including phenoxy) is 1. The second kappa shape index (κ2) is 8.34. The summed E-state index contributed by atoms with van der Waals surface area (Å²) >= 11 is 0. The van der Waals surface area contributed by atoms with Crippen molar-refractivity contribution in [1.82, 2.24) is 9.97 Å². The Kier molecular flexibility index (Phi) is 5.69. The van der Waals surface area contributed by atoms with Crippen molar-refractivity contribution in [3.05, 3.63) is 71.5 Å². The highest BCUT2D eigenvalue weighted by Crippen LogP contribution is 2.20. The summed E-state index contributed by atoms with van der Waals surface area (Å²) in [5, 5.41) is 6.70. The van der Waals surface area contributed by atoms with Gasteiger partial charge in [-0.2, -0.15) is 0 Å². The number of methoxy groups -OCH3 is 1. The molecule has 1 aromatic heterocycles. The topological polar surface area (TPSA) is 59.1 Å². The Labute approximate surface area is 154 Å². The molecule has 26 heavy (non-hydrogen) atoms. The van der Waals surface area contributed by atoms with Gasteiger partial charge in [-0.05, 0) is 44.0 Å². The summed E-state index contributed by atoms with van der Waals surface area (Å²) in [5.41, 5.74) is 3.41. The fraction of sp³-hybridized carbons (Fsp3) is 0.238. The number of hydrogen-bond acceptors (Lipinski definition) is 5. The van der Waals surface area contributed by atoms with E-state index in [1.54, 1.807) is 7.11 Å². The molecule has 5 nitrogen and oxygen atoms in total. The second-order valence-electron chi connectivity index (χ2n) is 6.17. The molecule has 0 bridgehead atoms. The molecule has 134 valence electrons. The van der Waals surface area contributed by atoms with E-state index >= 15 is 0 Å². The first kappa shape index (κ1) is 17.7. The van der Waals surface area contributed by atoms with Crippen molar-refractivity contribution in [1.29, 1.82) is 0 Å². The fourth-order valence-corrected chi connectivity index (χ4v) is 2.74. The smallest absolute Gasteiger partial charge is 0.136 e. The van der Waals surface area contributed by atoms with Crippen molar-refractivity contribution >= 4 is 17.3 Å². The summed E-state index contributed by atoms with van der Waals surface area (Å²) in [6, 6.07) is 18.2. The van der Waals surface area contributed by atoms with Crippen molar-refractivity contribution in [2.45, 2.75) is 20.3 Å². The second-order valence-corrected chi connectivity index (χ2v) is 6.17. The molecule has 0 radical (unpaired) electrons. The summed E-state index contributed by atoms with van der Waals surface area (Å²) in [6.07, 6.45) is 0.855. The lowest BCUT2D eigenvalue weighted by Crippen LogP contribution is -2.09. The van der Waals surface area contributed by atoms with Gasteiger partial charge in [0.05, 0.1) is 7.11 Å². The largest absolute Gasteiger partial charge is 0.496 e. The minimum absolute atomic E-state index is 0.724. The average molecular weight is 348 g/mol. The molecule has 3 rings (SSSR count). The van der Waals surface area contributed by atoms with E-state index in [4.69, 9.17) is 4.74 Å². The van der Waals surface area contributed by atoms with Crippen molar-refractivity contribution in [2.24, 2.45) is 0 Å². The first-order valence-corrected chi connectivity index (χ1v) is 8.69. The molecule has 0 aliphatic carbocycles. The molecule has 5 heteroatoms. The first-order valence-electron chi connectivity index (χ1n) is 8.69. The molecule has 3 aromatic rings. The molecule has 0 fully saturated rings. The Hall–Kier alpha value is -3.08. The minimum atomic E-state index is 0.724. The van der Waals surface area contributed by atoms with E-state index in [0.717, 1.165) is 41.9 Å². The summed E-state index contributed by atoms with van der Waals surface area (Å²) in [4.78, 5) is 8.93. The lowest BCUT2D eigenvalue weighted by Gasteiger charge is -2.11. The van der Waals surface area contributed by atoms with Crippen molar-refractivity contribution < 1.29 is 4.74 Å². The number of nitrogens with one attached hydrogen (secondary N) is 2. The molecule has 1 heterocycles. The highest BCUT2D eigenvalue weighted by Gasteiger charge is 2.04. The lowest BCUT2D eigenvalue weighted by atomic mass is 10.1. The Bertz CT molecular complexity index is 862. The number of hydrogen-bond donors (Lipinski definition) is 2.